The predicted octanol–water partition coefficient (Wildman–Crippen LogP) is 6.19. The van der Waals surface area contributed by atoms with Gasteiger partial charge in [0.05, 0.1) is 12.2 Å². The Morgan fingerprint density at radius 3 is 2.33 bits per heavy atom. The summed E-state index contributed by atoms with van der Waals surface area (Å²) in [6, 6.07) is 11.8. The number of aromatic hydroxyl groups is 1. The van der Waals surface area contributed by atoms with Crippen LogP contribution in [-0.4, -0.2) is 57.4 Å². The number of carbonyl (C=O) groups is 4. The molecule has 1 aliphatic heterocycles. The zero-order chi connectivity index (χ0) is 31.0. The summed E-state index contributed by atoms with van der Waals surface area (Å²) in [4.78, 5) is 57.5. The highest BCUT2D eigenvalue weighted by molar-refractivity contribution is 6.20. The van der Waals surface area contributed by atoms with E-state index in [0.717, 1.165) is 35.3 Å². The van der Waals surface area contributed by atoms with Gasteiger partial charge in [-0.2, -0.15) is 0 Å². The fourth-order valence-corrected chi connectivity index (χ4v) is 5.79. The zero-order valence-corrected chi connectivity index (χ0v) is 25.6. The highest BCUT2D eigenvalue weighted by atomic mass is 16.5. The van der Waals surface area contributed by atoms with Crippen LogP contribution in [-0.2, 0) is 32.1 Å². The van der Waals surface area contributed by atoms with Gasteiger partial charge in [-0.1, -0.05) is 82.3 Å². The molecule has 9 heteroatoms. The fraction of sp³-hybridized carbons (Fsp3) is 0.529. The highest BCUT2D eigenvalue weighted by Crippen LogP contribution is 2.51. The third-order valence-electron chi connectivity index (χ3n) is 8.65. The molecule has 1 saturated carbocycles. The molecule has 1 heterocycles. The number of rotatable bonds is 17. The van der Waals surface area contributed by atoms with Gasteiger partial charge in [0.25, 0.3) is 11.8 Å². The molecule has 0 radical (unpaired) electrons. The third kappa shape index (κ3) is 7.44. The number of nitrogens with one attached hydrogen (secondary N) is 1. The number of carbonyl (C=O) groups excluding carboxylic acids is 4. The van der Waals surface area contributed by atoms with Gasteiger partial charge >= 0.3 is 6.03 Å². The third-order valence-corrected chi connectivity index (χ3v) is 8.65. The van der Waals surface area contributed by atoms with E-state index in [2.05, 4.69) is 12.2 Å². The number of phenols is 1. The van der Waals surface area contributed by atoms with Crippen LogP contribution in [0.5, 0.6) is 5.75 Å². The lowest BCUT2D eigenvalue weighted by Crippen LogP contribution is -2.54. The molecule has 1 saturated heterocycles. The molecule has 2 N–H and O–H groups in total. The molecule has 0 spiro atoms. The van der Waals surface area contributed by atoms with Crippen molar-refractivity contribution in [3.63, 3.8) is 0 Å². The van der Waals surface area contributed by atoms with Gasteiger partial charge in [0, 0.05) is 12.0 Å². The smallest absolute Gasteiger partial charge is 0.330 e. The summed E-state index contributed by atoms with van der Waals surface area (Å²) in [5, 5.41) is 13.3. The van der Waals surface area contributed by atoms with Gasteiger partial charge in [-0.25, -0.2) is 9.69 Å². The molecular formula is C34H45N3O6. The summed E-state index contributed by atoms with van der Waals surface area (Å²) in [7, 11) is 0. The highest BCUT2D eigenvalue weighted by Gasteiger charge is 2.59. The average Bonchev–Trinajstić information content (AvgIpc) is 3.78. The Balaban J connectivity index is 1.58. The van der Waals surface area contributed by atoms with Gasteiger partial charge < -0.3 is 15.2 Å². The zero-order valence-electron chi connectivity index (χ0n) is 25.6. The molecule has 0 bridgehead atoms. The van der Waals surface area contributed by atoms with Gasteiger partial charge in [-0.3, -0.25) is 19.3 Å². The van der Waals surface area contributed by atoms with E-state index in [1.54, 1.807) is 13.0 Å². The molecule has 4 rings (SSSR count). The van der Waals surface area contributed by atoms with Gasteiger partial charge in [0.15, 0.2) is 11.8 Å². The number of urea groups is 1. The van der Waals surface area contributed by atoms with E-state index in [1.165, 1.54) is 36.6 Å². The monoisotopic (exact) mass is 591 g/mol. The van der Waals surface area contributed by atoms with Crippen LogP contribution < -0.4 is 5.32 Å². The summed E-state index contributed by atoms with van der Waals surface area (Å²) in [5.41, 5.74) is 1.10. The summed E-state index contributed by atoms with van der Waals surface area (Å²) in [5.74, 6) is -2.19. The summed E-state index contributed by atoms with van der Waals surface area (Å²) >= 11 is 0. The summed E-state index contributed by atoms with van der Waals surface area (Å²) in [6.45, 7) is 6.01. The first-order chi connectivity index (χ1) is 20.8. The van der Waals surface area contributed by atoms with Crippen LogP contribution in [0.25, 0.3) is 0 Å². The van der Waals surface area contributed by atoms with Crippen molar-refractivity contribution in [2.45, 2.75) is 104 Å². The molecule has 0 aromatic heterocycles. The number of hydrogen-bond donors (Lipinski definition) is 2. The average molecular weight is 592 g/mol. The Bertz CT molecular complexity index is 1290. The summed E-state index contributed by atoms with van der Waals surface area (Å²) in [6.07, 6.45) is 8.07. The molecule has 2 aliphatic rings. The van der Waals surface area contributed by atoms with Crippen molar-refractivity contribution in [3.05, 3.63) is 59.7 Å². The van der Waals surface area contributed by atoms with Crippen LogP contribution in [0.2, 0.25) is 0 Å². The first-order valence-electron chi connectivity index (χ1n) is 15.7. The number of nitrogens with zero attached hydrogens (tertiary/aromatic N) is 2. The SMILES string of the molecule is CCCCCCCCc1ccc(O)c(NC(=O)C(C(=O)C2(CC)CC2)N2C(=O)C(OCC)N(Cc3ccccc3)C2=O)c1. The van der Waals surface area contributed by atoms with Crippen molar-refractivity contribution in [1.82, 2.24) is 9.80 Å². The first kappa shape index (κ1) is 32.2. The maximum absolute atomic E-state index is 14.0. The topological polar surface area (TPSA) is 116 Å². The minimum atomic E-state index is -1.69. The molecular weight excluding hydrogens is 546 g/mol. The van der Waals surface area contributed by atoms with Crippen LogP contribution in [0.1, 0.15) is 89.7 Å². The molecule has 2 aromatic rings. The van der Waals surface area contributed by atoms with Crippen LogP contribution >= 0.6 is 0 Å². The van der Waals surface area contributed by atoms with E-state index in [4.69, 9.17) is 4.74 Å². The second-order valence-corrected chi connectivity index (χ2v) is 11.7. The van der Waals surface area contributed by atoms with Gasteiger partial charge in [-0.15, -0.1) is 0 Å². The minimum absolute atomic E-state index is 0.0787. The van der Waals surface area contributed by atoms with E-state index in [0.29, 0.717) is 19.3 Å². The number of ketones is 1. The Morgan fingerprint density at radius 2 is 1.67 bits per heavy atom. The number of unbranched alkanes of at least 4 members (excludes halogenated alkanes) is 5. The van der Waals surface area contributed by atoms with Crippen LogP contribution in [0.15, 0.2) is 48.5 Å². The van der Waals surface area contributed by atoms with Gasteiger partial charge in [0.1, 0.15) is 5.75 Å². The molecule has 9 nitrogen and oxygen atoms in total. The Labute approximate surface area is 254 Å². The molecule has 2 atom stereocenters. The molecule has 1 aliphatic carbocycles. The lowest BCUT2D eigenvalue weighted by atomic mass is 9.91. The molecule has 2 fully saturated rings. The predicted molar refractivity (Wildman–Crippen MR) is 164 cm³/mol. The van der Waals surface area contributed by atoms with Crippen molar-refractivity contribution < 1.29 is 29.0 Å². The van der Waals surface area contributed by atoms with Crippen molar-refractivity contribution in [3.8, 4) is 5.75 Å². The number of ether oxygens (including phenoxy) is 1. The number of aryl methyl sites for hydroxylation is 1. The Morgan fingerprint density at radius 1 is 0.977 bits per heavy atom. The Hall–Kier alpha value is -3.72. The second-order valence-electron chi connectivity index (χ2n) is 11.7. The normalized spacial score (nSPS) is 18.2. The standard InChI is InChI=1S/C34H45N3O6/c1-4-7-8-9-10-12-15-24-18-19-27(38)26(22-24)35-30(40)28(29(39)34(5-2)20-21-34)37-31(41)32(43-6-3)36(33(37)42)23-25-16-13-11-14-17-25/h11,13-14,16-19,22,28,32,38H,4-10,12,15,20-21,23H2,1-3H3,(H,35,40). The maximum atomic E-state index is 14.0. The summed E-state index contributed by atoms with van der Waals surface area (Å²) < 4.78 is 5.69. The van der Waals surface area contributed by atoms with Gasteiger partial charge in [0.2, 0.25) is 6.23 Å². The van der Waals surface area contributed by atoms with E-state index >= 15 is 0 Å². The molecule has 2 unspecified atom stereocenters. The number of phenolic OH excluding ortho intramolecular Hbond substituents is 1. The van der Waals surface area contributed by atoms with Crippen molar-refractivity contribution >= 4 is 29.3 Å². The number of Topliss-reactive ketones (excluding diaryl/α,β-unsaturated/α-hetero) is 1. The van der Waals surface area contributed by atoms with Crippen molar-refractivity contribution in [1.29, 1.82) is 0 Å². The number of amides is 4. The van der Waals surface area contributed by atoms with Crippen molar-refractivity contribution in [2.75, 3.05) is 11.9 Å². The number of hydrogen-bond acceptors (Lipinski definition) is 6. The first-order valence-corrected chi connectivity index (χ1v) is 15.7. The van der Waals surface area contributed by atoms with E-state index in [1.807, 2.05) is 43.3 Å². The lowest BCUT2D eigenvalue weighted by Gasteiger charge is -2.27. The van der Waals surface area contributed by atoms with Gasteiger partial charge in [-0.05, 0) is 62.3 Å². The Kier molecular flexibility index (Phi) is 11.0. The molecule has 43 heavy (non-hydrogen) atoms. The maximum Gasteiger partial charge on any atom is 0.330 e. The van der Waals surface area contributed by atoms with Crippen LogP contribution in [0, 0.1) is 5.41 Å². The van der Waals surface area contributed by atoms with E-state index in [9.17, 15) is 24.3 Å². The quantitative estimate of drug-likeness (QED) is 0.0981. The number of imide groups is 1. The van der Waals surface area contributed by atoms with Crippen molar-refractivity contribution in [2.24, 2.45) is 5.41 Å². The fourth-order valence-electron chi connectivity index (χ4n) is 5.79. The lowest BCUT2D eigenvalue weighted by molar-refractivity contribution is -0.149. The van der Waals surface area contributed by atoms with Crippen LogP contribution in [0.3, 0.4) is 0 Å². The largest absolute Gasteiger partial charge is 0.506 e. The van der Waals surface area contributed by atoms with Crippen LogP contribution in [0.4, 0.5) is 10.5 Å². The second kappa shape index (κ2) is 14.6. The molecule has 4 amide bonds. The number of anilines is 1. The van der Waals surface area contributed by atoms with E-state index < -0.39 is 41.3 Å². The molecule has 232 valence electrons. The van der Waals surface area contributed by atoms with E-state index in [-0.39, 0.29) is 24.6 Å². The minimum Gasteiger partial charge on any atom is -0.506 e. The number of benzene rings is 2. The molecule has 2 aromatic carbocycles.